The highest BCUT2D eigenvalue weighted by molar-refractivity contribution is 8.00. The van der Waals surface area contributed by atoms with Crippen molar-refractivity contribution >= 4 is 51.8 Å². The van der Waals surface area contributed by atoms with E-state index in [1.165, 1.54) is 17.3 Å². The van der Waals surface area contributed by atoms with Gasteiger partial charge in [0.15, 0.2) is 0 Å². The molecule has 2 aromatic carbocycles. The highest BCUT2D eigenvalue weighted by Gasteiger charge is 2.19. The molecular weight excluding hydrogens is 432 g/mol. The first-order valence-electron chi connectivity index (χ1n) is 10.4. The van der Waals surface area contributed by atoms with E-state index in [1.54, 1.807) is 31.2 Å². The topological polar surface area (TPSA) is 68.3 Å². The number of aryl methyl sites for hydroxylation is 1. The van der Waals surface area contributed by atoms with Crippen LogP contribution in [-0.2, 0) is 22.4 Å². The number of ether oxygens (including phenoxy) is 1. The van der Waals surface area contributed by atoms with Crippen molar-refractivity contribution in [3.63, 3.8) is 0 Å². The molecule has 1 N–H and O–H groups in total. The Hall–Kier alpha value is -2.57. The number of thioether (sulfide) groups is 1. The Morgan fingerprint density at radius 2 is 2.00 bits per heavy atom. The lowest BCUT2D eigenvalue weighted by molar-refractivity contribution is -0.113. The van der Waals surface area contributed by atoms with Crippen LogP contribution in [0.4, 0.5) is 5.69 Å². The number of carbonyl (C=O) groups excluding carboxylic acids is 2. The van der Waals surface area contributed by atoms with Gasteiger partial charge in [0.05, 0.1) is 23.4 Å². The van der Waals surface area contributed by atoms with E-state index < -0.39 is 5.97 Å². The molecule has 160 valence electrons. The van der Waals surface area contributed by atoms with Crippen molar-refractivity contribution in [2.75, 3.05) is 17.7 Å². The van der Waals surface area contributed by atoms with Crippen molar-refractivity contribution in [3.05, 3.63) is 64.3 Å². The van der Waals surface area contributed by atoms with E-state index >= 15 is 0 Å². The Bertz CT molecular complexity index is 1150. The number of anilines is 1. The number of esters is 1. The van der Waals surface area contributed by atoms with Crippen LogP contribution in [0.5, 0.6) is 0 Å². The van der Waals surface area contributed by atoms with E-state index in [0.717, 1.165) is 47.2 Å². The van der Waals surface area contributed by atoms with Crippen molar-refractivity contribution in [1.29, 1.82) is 0 Å². The first-order chi connectivity index (χ1) is 15.0. The second-order valence-electron chi connectivity index (χ2n) is 7.37. The third-order valence-electron chi connectivity index (χ3n) is 5.18. The fraction of sp³-hybridized carbons (Fsp3) is 0.292. The number of halogens is 1. The second-order valence-corrected chi connectivity index (χ2v) is 8.79. The second kappa shape index (κ2) is 9.71. The summed E-state index contributed by atoms with van der Waals surface area (Å²) in [5, 5.41) is 4.53. The molecule has 0 unspecified atom stereocenters. The molecule has 1 heterocycles. The van der Waals surface area contributed by atoms with E-state index in [9.17, 15) is 9.59 Å². The molecule has 3 aromatic rings. The van der Waals surface area contributed by atoms with E-state index in [4.69, 9.17) is 21.3 Å². The Balaban J connectivity index is 1.53. The molecule has 0 saturated heterocycles. The molecular formula is C24H23ClN2O3S. The minimum absolute atomic E-state index is 0.137. The average Bonchev–Trinajstić information content (AvgIpc) is 2.77. The monoisotopic (exact) mass is 454 g/mol. The van der Waals surface area contributed by atoms with Crippen LogP contribution in [0.1, 0.15) is 41.4 Å². The predicted octanol–water partition coefficient (Wildman–Crippen LogP) is 5.67. The average molecular weight is 455 g/mol. The molecule has 0 spiro atoms. The number of hydrogen-bond donors (Lipinski definition) is 1. The first-order valence-corrected chi connectivity index (χ1v) is 11.7. The molecule has 7 heteroatoms. The summed E-state index contributed by atoms with van der Waals surface area (Å²) >= 11 is 7.77. The van der Waals surface area contributed by atoms with Crippen molar-refractivity contribution < 1.29 is 14.3 Å². The molecule has 0 fully saturated rings. The summed E-state index contributed by atoms with van der Waals surface area (Å²) in [6.07, 6.45) is 4.20. The largest absolute Gasteiger partial charge is 0.462 e. The van der Waals surface area contributed by atoms with Gasteiger partial charge in [0.2, 0.25) is 5.91 Å². The first kappa shape index (κ1) is 21.7. The van der Waals surface area contributed by atoms with E-state index in [-0.39, 0.29) is 11.7 Å². The molecule has 0 radical (unpaired) electrons. The summed E-state index contributed by atoms with van der Waals surface area (Å²) in [5.41, 5.74) is 4.27. The minimum Gasteiger partial charge on any atom is -0.462 e. The van der Waals surface area contributed by atoms with Gasteiger partial charge in [-0.25, -0.2) is 4.79 Å². The van der Waals surface area contributed by atoms with Crippen molar-refractivity contribution in [2.24, 2.45) is 0 Å². The SMILES string of the molecule is CCOC(=O)c1cccc(NC(=O)CSc2c3c(nc4ccc(Cl)cc24)CCCC3)c1. The Morgan fingerprint density at radius 1 is 1.16 bits per heavy atom. The van der Waals surface area contributed by atoms with Gasteiger partial charge >= 0.3 is 5.97 Å². The summed E-state index contributed by atoms with van der Waals surface area (Å²) in [6.45, 7) is 2.07. The van der Waals surface area contributed by atoms with Gasteiger partial charge in [-0.3, -0.25) is 9.78 Å². The zero-order valence-electron chi connectivity index (χ0n) is 17.2. The fourth-order valence-electron chi connectivity index (χ4n) is 3.79. The smallest absolute Gasteiger partial charge is 0.338 e. The molecule has 31 heavy (non-hydrogen) atoms. The summed E-state index contributed by atoms with van der Waals surface area (Å²) in [6, 6.07) is 12.5. The highest BCUT2D eigenvalue weighted by atomic mass is 35.5. The summed E-state index contributed by atoms with van der Waals surface area (Å²) < 4.78 is 5.02. The van der Waals surface area contributed by atoms with Crippen LogP contribution in [0, 0.1) is 0 Å². The third kappa shape index (κ3) is 5.02. The summed E-state index contributed by atoms with van der Waals surface area (Å²) in [4.78, 5) is 30.5. The van der Waals surface area contributed by atoms with Crippen LogP contribution in [-0.4, -0.2) is 29.2 Å². The molecule has 0 bridgehead atoms. The van der Waals surface area contributed by atoms with Gasteiger partial charge < -0.3 is 10.1 Å². The molecule has 0 aliphatic heterocycles. The van der Waals surface area contributed by atoms with E-state index in [0.29, 0.717) is 22.9 Å². The van der Waals surface area contributed by atoms with Gasteiger partial charge in [0.1, 0.15) is 0 Å². The lowest BCUT2D eigenvalue weighted by atomic mass is 9.94. The molecule has 1 aliphatic rings. The van der Waals surface area contributed by atoms with Crippen LogP contribution in [0.25, 0.3) is 10.9 Å². The molecule has 1 aliphatic carbocycles. The number of amides is 1. The number of pyridine rings is 1. The van der Waals surface area contributed by atoms with Crippen LogP contribution >= 0.6 is 23.4 Å². The third-order valence-corrected chi connectivity index (χ3v) is 6.57. The zero-order valence-corrected chi connectivity index (χ0v) is 18.8. The van der Waals surface area contributed by atoms with Crippen LogP contribution in [0.15, 0.2) is 47.4 Å². The van der Waals surface area contributed by atoms with Crippen molar-refractivity contribution in [1.82, 2.24) is 4.98 Å². The number of nitrogens with zero attached hydrogens (tertiary/aromatic N) is 1. The normalized spacial score (nSPS) is 13.0. The maximum absolute atomic E-state index is 12.7. The molecule has 0 saturated carbocycles. The van der Waals surface area contributed by atoms with Gasteiger partial charge in [-0.1, -0.05) is 17.7 Å². The molecule has 1 amide bonds. The highest BCUT2D eigenvalue weighted by Crippen LogP contribution is 2.37. The Labute approximate surface area is 190 Å². The van der Waals surface area contributed by atoms with E-state index in [2.05, 4.69) is 5.32 Å². The Kier molecular flexibility index (Phi) is 6.78. The summed E-state index contributed by atoms with van der Waals surface area (Å²) in [5.74, 6) is -0.288. The maximum Gasteiger partial charge on any atom is 0.338 e. The van der Waals surface area contributed by atoms with Gasteiger partial charge in [-0.15, -0.1) is 11.8 Å². The number of hydrogen-bond acceptors (Lipinski definition) is 5. The summed E-state index contributed by atoms with van der Waals surface area (Å²) in [7, 11) is 0. The van der Waals surface area contributed by atoms with Crippen LogP contribution in [0.2, 0.25) is 5.02 Å². The van der Waals surface area contributed by atoms with Crippen LogP contribution in [0.3, 0.4) is 0 Å². The van der Waals surface area contributed by atoms with Gasteiger partial charge in [-0.2, -0.15) is 0 Å². The maximum atomic E-state index is 12.7. The van der Waals surface area contributed by atoms with Gasteiger partial charge in [0, 0.05) is 26.7 Å². The number of benzene rings is 2. The molecule has 0 atom stereocenters. The molecule has 5 nitrogen and oxygen atoms in total. The minimum atomic E-state index is -0.403. The number of carbonyl (C=O) groups is 2. The lowest BCUT2D eigenvalue weighted by Crippen LogP contribution is -2.15. The Morgan fingerprint density at radius 3 is 2.84 bits per heavy atom. The predicted molar refractivity (Wildman–Crippen MR) is 125 cm³/mol. The number of fused-ring (bicyclic) bond motifs is 2. The van der Waals surface area contributed by atoms with Gasteiger partial charge in [0.25, 0.3) is 0 Å². The molecule has 4 rings (SSSR count). The van der Waals surface area contributed by atoms with Gasteiger partial charge in [-0.05, 0) is 74.6 Å². The van der Waals surface area contributed by atoms with Crippen molar-refractivity contribution in [3.8, 4) is 0 Å². The zero-order chi connectivity index (χ0) is 21.8. The van der Waals surface area contributed by atoms with Crippen LogP contribution < -0.4 is 5.32 Å². The van der Waals surface area contributed by atoms with E-state index in [1.807, 2.05) is 18.2 Å². The number of nitrogens with one attached hydrogen (secondary N) is 1. The number of aromatic nitrogens is 1. The number of rotatable bonds is 6. The fourth-order valence-corrected chi connectivity index (χ4v) is 5.02. The van der Waals surface area contributed by atoms with Crippen molar-refractivity contribution in [2.45, 2.75) is 37.5 Å². The quantitative estimate of drug-likeness (QED) is 0.383. The standard InChI is InChI=1S/C24H23ClN2O3S/c1-2-30-24(29)15-6-5-7-17(12-15)26-22(28)14-31-23-18-8-3-4-9-20(18)27-21-11-10-16(25)13-19(21)23/h5-7,10-13H,2-4,8-9,14H2,1H3,(H,26,28). The lowest BCUT2D eigenvalue weighted by Gasteiger charge is -2.20. The molecule has 1 aromatic heterocycles.